The minimum absolute atomic E-state index is 0.152. The molecule has 3 rings (SSSR count). The Morgan fingerprint density at radius 1 is 1.26 bits per heavy atom. The van der Waals surface area contributed by atoms with Crippen molar-refractivity contribution < 1.29 is 14.1 Å². The minimum Gasteiger partial charge on any atom is -0.496 e. The monoisotopic (exact) mass is 385 g/mol. The van der Waals surface area contributed by atoms with Gasteiger partial charge in [-0.25, -0.2) is 0 Å². The summed E-state index contributed by atoms with van der Waals surface area (Å²) in [7, 11) is 3.31. The first-order valence-electron chi connectivity index (χ1n) is 8.42. The normalized spacial score (nSPS) is 11.9. The highest BCUT2D eigenvalue weighted by Crippen LogP contribution is 2.33. The van der Waals surface area contributed by atoms with Crippen LogP contribution in [0, 0.1) is 6.92 Å². The lowest BCUT2D eigenvalue weighted by Crippen LogP contribution is -2.29. The van der Waals surface area contributed by atoms with E-state index in [9.17, 15) is 4.79 Å². The SMILES string of the molecule is COc1ccc(Cl)cc1-c1cccc(C(=O)N(C)[C@H](C)c2nc(C)no2)c1. The van der Waals surface area contributed by atoms with Crippen LogP contribution in [0.4, 0.5) is 0 Å². The Morgan fingerprint density at radius 3 is 2.70 bits per heavy atom. The zero-order valence-electron chi connectivity index (χ0n) is 15.6. The number of hydrogen-bond acceptors (Lipinski definition) is 5. The number of amides is 1. The standard InChI is InChI=1S/C20H20ClN3O3/c1-12(19-22-13(2)23-27-19)24(3)20(25)15-7-5-6-14(10-15)17-11-16(21)8-9-18(17)26-4/h5-12H,1-4H3/t12-/m1/s1. The predicted molar refractivity (Wildman–Crippen MR) is 103 cm³/mol. The molecule has 0 saturated carbocycles. The highest BCUT2D eigenvalue weighted by atomic mass is 35.5. The zero-order chi connectivity index (χ0) is 19.6. The van der Waals surface area contributed by atoms with Crippen LogP contribution in [0.2, 0.25) is 5.02 Å². The molecule has 3 aromatic rings. The first-order valence-corrected chi connectivity index (χ1v) is 8.80. The van der Waals surface area contributed by atoms with Gasteiger partial charge in [0.25, 0.3) is 5.91 Å². The van der Waals surface area contributed by atoms with Crippen LogP contribution >= 0.6 is 11.6 Å². The van der Waals surface area contributed by atoms with Gasteiger partial charge in [-0.2, -0.15) is 4.98 Å². The molecule has 2 aromatic carbocycles. The second kappa shape index (κ2) is 7.80. The summed E-state index contributed by atoms with van der Waals surface area (Å²) in [5.74, 6) is 1.47. The van der Waals surface area contributed by atoms with E-state index in [1.807, 2.05) is 31.2 Å². The van der Waals surface area contributed by atoms with E-state index in [1.165, 1.54) is 0 Å². The van der Waals surface area contributed by atoms with Crippen molar-refractivity contribution in [1.82, 2.24) is 15.0 Å². The van der Waals surface area contributed by atoms with E-state index in [2.05, 4.69) is 10.1 Å². The molecule has 0 spiro atoms. The van der Waals surface area contributed by atoms with Gasteiger partial charge in [-0.05, 0) is 49.7 Å². The van der Waals surface area contributed by atoms with Gasteiger partial charge in [0.05, 0.1) is 7.11 Å². The van der Waals surface area contributed by atoms with Gasteiger partial charge in [-0.1, -0.05) is 28.9 Å². The quantitative estimate of drug-likeness (QED) is 0.644. The lowest BCUT2D eigenvalue weighted by atomic mass is 10.0. The summed E-state index contributed by atoms with van der Waals surface area (Å²) in [5.41, 5.74) is 2.21. The predicted octanol–water partition coefficient (Wildman–Crippen LogP) is 4.54. The number of halogens is 1. The van der Waals surface area contributed by atoms with Crippen LogP contribution in [0.25, 0.3) is 11.1 Å². The number of rotatable bonds is 5. The van der Waals surface area contributed by atoms with Crippen LogP contribution in [0.15, 0.2) is 47.0 Å². The van der Waals surface area contributed by atoms with Gasteiger partial charge in [0.2, 0.25) is 5.89 Å². The molecule has 0 aliphatic rings. The molecule has 1 heterocycles. The van der Waals surface area contributed by atoms with Crippen LogP contribution in [0.1, 0.15) is 35.0 Å². The molecule has 0 aliphatic carbocycles. The molecule has 0 aliphatic heterocycles. The van der Waals surface area contributed by atoms with Crippen molar-refractivity contribution in [2.75, 3.05) is 14.2 Å². The molecule has 140 valence electrons. The average molecular weight is 386 g/mol. The van der Waals surface area contributed by atoms with Gasteiger partial charge in [-0.15, -0.1) is 0 Å². The van der Waals surface area contributed by atoms with Crippen molar-refractivity contribution >= 4 is 17.5 Å². The fourth-order valence-corrected chi connectivity index (χ4v) is 2.93. The average Bonchev–Trinajstić information content (AvgIpc) is 3.12. The molecule has 1 atom stereocenters. The van der Waals surface area contributed by atoms with Gasteiger partial charge >= 0.3 is 0 Å². The van der Waals surface area contributed by atoms with Crippen molar-refractivity contribution in [3.05, 3.63) is 64.8 Å². The van der Waals surface area contributed by atoms with Crippen LogP contribution in [0.5, 0.6) is 5.75 Å². The molecule has 0 saturated heterocycles. The van der Waals surface area contributed by atoms with E-state index in [1.54, 1.807) is 44.2 Å². The molecular formula is C20H20ClN3O3. The first kappa shape index (κ1) is 18.9. The van der Waals surface area contributed by atoms with E-state index in [0.29, 0.717) is 28.1 Å². The zero-order valence-corrected chi connectivity index (χ0v) is 16.3. The highest BCUT2D eigenvalue weighted by Gasteiger charge is 2.23. The maximum atomic E-state index is 12.9. The van der Waals surface area contributed by atoms with E-state index >= 15 is 0 Å². The van der Waals surface area contributed by atoms with Crippen LogP contribution < -0.4 is 4.74 Å². The molecule has 0 unspecified atom stereocenters. The molecule has 7 heteroatoms. The fraction of sp³-hybridized carbons (Fsp3) is 0.250. The molecular weight excluding hydrogens is 366 g/mol. The Kier molecular flexibility index (Phi) is 5.46. The van der Waals surface area contributed by atoms with Crippen molar-refractivity contribution in [2.24, 2.45) is 0 Å². The molecule has 0 fully saturated rings. The molecule has 0 radical (unpaired) electrons. The lowest BCUT2D eigenvalue weighted by Gasteiger charge is -2.22. The molecule has 27 heavy (non-hydrogen) atoms. The minimum atomic E-state index is -0.344. The Bertz CT molecular complexity index is 971. The second-order valence-electron chi connectivity index (χ2n) is 6.20. The molecule has 0 bridgehead atoms. The third-order valence-electron chi connectivity index (χ3n) is 4.38. The summed E-state index contributed by atoms with van der Waals surface area (Å²) in [6.07, 6.45) is 0. The maximum Gasteiger partial charge on any atom is 0.254 e. The van der Waals surface area contributed by atoms with E-state index in [4.69, 9.17) is 20.9 Å². The Labute approximate surface area is 162 Å². The lowest BCUT2D eigenvalue weighted by molar-refractivity contribution is 0.0716. The molecule has 6 nitrogen and oxygen atoms in total. The largest absolute Gasteiger partial charge is 0.496 e. The summed E-state index contributed by atoms with van der Waals surface area (Å²) in [6.45, 7) is 3.58. The summed E-state index contributed by atoms with van der Waals surface area (Å²) in [5, 5.41) is 4.38. The number of methoxy groups -OCH3 is 1. The number of nitrogens with zero attached hydrogens (tertiary/aromatic N) is 3. The smallest absolute Gasteiger partial charge is 0.254 e. The highest BCUT2D eigenvalue weighted by molar-refractivity contribution is 6.31. The number of aryl methyl sites for hydroxylation is 1. The fourth-order valence-electron chi connectivity index (χ4n) is 2.75. The van der Waals surface area contributed by atoms with Crippen molar-refractivity contribution in [2.45, 2.75) is 19.9 Å². The Hall–Kier alpha value is -2.86. The summed E-state index contributed by atoms with van der Waals surface area (Å²) in [4.78, 5) is 18.7. The van der Waals surface area contributed by atoms with Crippen LogP contribution in [-0.2, 0) is 0 Å². The second-order valence-corrected chi connectivity index (χ2v) is 6.63. The summed E-state index contributed by atoms with van der Waals surface area (Å²) < 4.78 is 10.6. The Balaban J connectivity index is 1.91. The molecule has 1 aromatic heterocycles. The number of hydrogen-bond donors (Lipinski definition) is 0. The van der Waals surface area contributed by atoms with Crippen LogP contribution in [0.3, 0.4) is 0 Å². The van der Waals surface area contributed by atoms with Crippen molar-refractivity contribution in [3.8, 4) is 16.9 Å². The van der Waals surface area contributed by atoms with E-state index in [-0.39, 0.29) is 11.9 Å². The third kappa shape index (κ3) is 3.95. The van der Waals surface area contributed by atoms with Gasteiger partial charge in [-0.3, -0.25) is 4.79 Å². The number of benzene rings is 2. The molecule has 0 N–H and O–H groups in total. The first-order chi connectivity index (χ1) is 12.9. The molecule has 1 amide bonds. The van der Waals surface area contributed by atoms with E-state index < -0.39 is 0 Å². The van der Waals surface area contributed by atoms with Crippen molar-refractivity contribution in [3.63, 3.8) is 0 Å². The summed E-state index contributed by atoms with van der Waals surface area (Å²) >= 11 is 6.13. The topological polar surface area (TPSA) is 68.5 Å². The van der Waals surface area contributed by atoms with Gasteiger partial charge in [0, 0.05) is 23.2 Å². The Morgan fingerprint density at radius 2 is 2.04 bits per heavy atom. The number of carbonyl (C=O) groups excluding carboxylic acids is 1. The van der Waals surface area contributed by atoms with Crippen molar-refractivity contribution in [1.29, 1.82) is 0 Å². The summed E-state index contributed by atoms with van der Waals surface area (Å²) in [6, 6.07) is 12.4. The number of ether oxygens (including phenoxy) is 1. The third-order valence-corrected chi connectivity index (χ3v) is 4.62. The maximum absolute atomic E-state index is 12.9. The number of aromatic nitrogens is 2. The van der Waals surface area contributed by atoms with Gasteiger partial charge in [0.15, 0.2) is 5.82 Å². The van der Waals surface area contributed by atoms with Gasteiger partial charge in [0.1, 0.15) is 11.8 Å². The van der Waals surface area contributed by atoms with E-state index in [0.717, 1.165) is 11.1 Å². The van der Waals surface area contributed by atoms with Gasteiger partial charge < -0.3 is 14.2 Å². The number of carbonyl (C=O) groups is 1. The van der Waals surface area contributed by atoms with Crippen LogP contribution in [-0.4, -0.2) is 35.1 Å².